The minimum Gasteiger partial charge on any atom is -0.385 e. The molecular weight excluding hydrogens is 472 g/mol. The molecule has 2 N–H and O–H groups in total. The predicted octanol–water partition coefficient (Wildman–Crippen LogP) is 3.50. The summed E-state index contributed by atoms with van der Waals surface area (Å²) in [6.45, 7) is 2.17. The van der Waals surface area contributed by atoms with Gasteiger partial charge in [-0.3, -0.25) is 4.99 Å². The maximum atomic E-state index is 14.4. The maximum Gasteiger partial charge on any atom is 0.191 e. The average Bonchev–Trinajstić information content (AvgIpc) is 3.17. The van der Waals surface area contributed by atoms with Crippen molar-refractivity contribution in [2.45, 2.75) is 32.2 Å². The number of rotatable bonds is 8. The highest BCUT2D eigenvalue weighted by molar-refractivity contribution is 14.0. The van der Waals surface area contributed by atoms with Crippen LogP contribution in [0.15, 0.2) is 41.9 Å². The summed E-state index contributed by atoms with van der Waals surface area (Å²) in [6.07, 6.45) is 9.73. The van der Waals surface area contributed by atoms with E-state index in [0.717, 1.165) is 31.1 Å². The second-order valence-electron chi connectivity index (χ2n) is 7.13. The van der Waals surface area contributed by atoms with E-state index in [-0.39, 0.29) is 29.8 Å². The molecule has 3 rings (SSSR count). The Balaban J connectivity index is 0.00000280. The first-order valence-corrected chi connectivity index (χ1v) is 9.36. The lowest BCUT2D eigenvalue weighted by Gasteiger charge is -2.42. The number of benzene rings is 1. The molecule has 1 aliphatic rings. The molecule has 0 bridgehead atoms. The molecule has 0 aliphatic heterocycles. The van der Waals surface area contributed by atoms with Crippen LogP contribution in [-0.4, -0.2) is 42.8 Å². The van der Waals surface area contributed by atoms with Gasteiger partial charge in [-0.25, -0.2) is 9.37 Å². The second kappa shape index (κ2) is 10.8. The minimum absolute atomic E-state index is 0. The Morgan fingerprint density at radius 1 is 1.36 bits per heavy atom. The molecular formula is C20H29FIN5O. The Labute approximate surface area is 183 Å². The van der Waals surface area contributed by atoms with Gasteiger partial charge in [0.15, 0.2) is 5.96 Å². The fourth-order valence-corrected chi connectivity index (χ4v) is 3.46. The third kappa shape index (κ3) is 5.66. The smallest absolute Gasteiger partial charge is 0.191 e. The van der Waals surface area contributed by atoms with Crippen molar-refractivity contribution in [2.75, 3.05) is 27.3 Å². The highest BCUT2D eigenvalue weighted by atomic mass is 127. The number of aromatic nitrogens is 2. The number of ether oxygens (including phenoxy) is 1. The molecule has 1 heterocycles. The number of nitrogens with zero attached hydrogens (tertiary/aromatic N) is 3. The molecule has 0 saturated heterocycles. The fraction of sp³-hybridized carbons (Fsp3) is 0.500. The van der Waals surface area contributed by atoms with Crippen LogP contribution in [0, 0.1) is 11.2 Å². The standard InChI is InChI=1S/C20H28FN5O.HI/c1-22-19(25-14-20(6-3-7-20)8-11-27-2)24-13-16-4-5-18(17(21)12-16)26-10-9-23-15-26;/h4-5,9-10,12,15H,3,6-8,11,13-14H2,1-2H3,(H2,22,24,25);1H. The van der Waals surface area contributed by atoms with Crippen molar-refractivity contribution in [2.24, 2.45) is 10.4 Å². The van der Waals surface area contributed by atoms with Crippen molar-refractivity contribution in [3.05, 3.63) is 48.3 Å². The Bertz CT molecular complexity index is 762. The van der Waals surface area contributed by atoms with Gasteiger partial charge in [-0.05, 0) is 42.4 Å². The molecule has 1 aliphatic carbocycles. The highest BCUT2D eigenvalue weighted by Crippen LogP contribution is 2.43. The van der Waals surface area contributed by atoms with Crippen molar-refractivity contribution in [1.82, 2.24) is 20.2 Å². The lowest BCUT2D eigenvalue weighted by molar-refractivity contribution is 0.0732. The third-order valence-electron chi connectivity index (χ3n) is 5.36. The van der Waals surface area contributed by atoms with Crippen LogP contribution in [0.25, 0.3) is 5.69 Å². The number of methoxy groups -OCH3 is 1. The Morgan fingerprint density at radius 3 is 2.75 bits per heavy atom. The molecule has 1 aromatic carbocycles. The van der Waals surface area contributed by atoms with Gasteiger partial charge in [0.05, 0.1) is 12.0 Å². The zero-order valence-corrected chi connectivity index (χ0v) is 18.8. The number of imidazole rings is 1. The van der Waals surface area contributed by atoms with Crippen molar-refractivity contribution in [3.8, 4) is 5.69 Å². The number of hydrogen-bond acceptors (Lipinski definition) is 3. The number of aliphatic imine (C=N–C) groups is 1. The number of hydrogen-bond donors (Lipinski definition) is 2. The van der Waals surface area contributed by atoms with E-state index >= 15 is 0 Å². The molecule has 8 heteroatoms. The summed E-state index contributed by atoms with van der Waals surface area (Å²) in [7, 11) is 3.50. The monoisotopic (exact) mass is 501 g/mol. The average molecular weight is 501 g/mol. The molecule has 0 spiro atoms. The van der Waals surface area contributed by atoms with Gasteiger partial charge < -0.3 is 19.9 Å². The van der Waals surface area contributed by atoms with Gasteiger partial charge in [-0.2, -0.15) is 0 Å². The zero-order valence-electron chi connectivity index (χ0n) is 16.4. The van der Waals surface area contributed by atoms with Crippen molar-refractivity contribution < 1.29 is 9.13 Å². The summed E-state index contributed by atoms with van der Waals surface area (Å²) in [5.41, 5.74) is 1.66. The first-order chi connectivity index (χ1) is 13.2. The van der Waals surface area contributed by atoms with Gasteiger partial charge in [-0.1, -0.05) is 12.5 Å². The SMILES string of the molecule is CN=C(NCc1ccc(-n2ccnc2)c(F)c1)NCC1(CCOC)CCC1.I. The van der Waals surface area contributed by atoms with Crippen molar-refractivity contribution in [1.29, 1.82) is 0 Å². The van der Waals surface area contributed by atoms with Gasteiger partial charge in [0.2, 0.25) is 0 Å². The van der Waals surface area contributed by atoms with Crippen LogP contribution in [-0.2, 0) is 11.3 Å². The lowest BCUT2D eigenvalue weighted by atomic mass is 9.67. The van der Waals surface area contributed by atoms with E-state index in [0.29, 0.717) is 17.6 Å². The molecule has 0 atom stereocenters. The van der Waals surface area contributed by atoms with E-state index in [4.69, 9.17) is 4.74 Å². The van der Waals surface area contributed by atoms with Crippen LogP contribution >= 0.6 is 24.0 Å². The number of halogens is 2. The van der Waals surface area contributed by atoms with E-state index in [2.05, 4.69) is 20.6 Å². The van der Waals surface area contributed by atoms with Crippen LogP contribution in [0.5, 0.6) is 0 Å². The normalized spacial score (nSPS) is 15.5. The quantitative estimate of drug-likeness (QED) is 0.330. The molecule has 0 unspecified atom stereocenters. The maximum absolute atomic E-state index is 14.4. The summed E-state index contributed by atoms with van der Waals surface area (Å²) < 4.78 is 21.3. The zero-order chi connectivity index (χ0) is 19.1. The minimum atomic E-state index is -0.275. The van der Waals surface area contributed by atoms with Crippen LogP contribution in [0.4, 0.5) is 4.39 Å². The molecule has 2 aromatic rings. The fourth-order valence-electron chi connectivity index (χ4n) is 3.46. The molecule has 6 nitrogen and oxygen atoms in total. The van der Waals surface area contributed by atoms with E-state index in [1.165, 1.54) is 19.3 Å². The molecule has 0 radical (unpaired) electrons. The van der Waals surface area contributed by atoms with Crippen molar-refractivity contribution in [3.63, 3.8) is 0 Å². The van der Waals surface area contributed by atoms with E-state index in [9.17, 15) is 4.39 Å². The largest absolute Gasteiger partial charge is 0.385 e. The van der Waals surface area contributed by atoms with Gasteiger partial charge >= 0.3 is 0 Å². The van der Waals surface area contributed by atoms with Gasteiger partial charge in [0.1, 0.15) is 5.82 Å². The van der Waals surface area contributed by atoms with E-state index in [1.807, 2.05) is 6.07 Å². The van der Waals surface area contributed by atoms with Crippen LogP contribution in [0.2, 0.25) is 0 Å². The van der Waals surface area contributed by atoms with Gasteiger partial charge in [0, 0.05) is 46.2 Å². The topological polar surface area (TPSA) is 63.5 Å². The third-order valence-corrected chi connectivity index (χ3v) is 5.36. The Kier molecular flexibility index (Phi) is 8.68. The van der Waals surface area contributed by atoms with Crippen LogP contribution in [0.3, 0.4) is 0 Å². The Morgan fingerprint density at radius 2 is 2.18 bits per heavy atom. The summed E-state index contributed by atoms with van der Waals surface area (Å²) in [6, 6.07) is 5.21. The first-order valence-electron chi connectivity index (χ1n) is 9.36. The number of nitrogens with one attached hydrogen (secondary N) is 2. The van der Waals surface area contributed by atoms with Crippen LogP contribution < -0.4 is 10.6 Å². The Hall–Kier alpha value is -1.68. The summed E-state index contributed by atoms with van der Waals surface area (Å²) in [5, 5.41) is 6.68. The molecule has 1 saturated carbocycles. The van der Waals surface area contributed by atoms with Gasteiger partial charge in [0.25, 0.3) is 0 Å². The molecule has 154 valence electrons. The van der Waals surface area contributed by atoms with Crippen molar-refractivity contribution >= 4 is 29.9 Å². The number of guanidine groups is 1. The summed E-state index contributed by atoms with van der Waals surface area (Å²) in [4.78, 5) is 8.24. The lowest BCUT2D eigenvalue weighted by Crippen LogP contribution is -2.46. The highest BCUT2D eigenvalue weighted by Gasteiger charge is 2.36. The van der Waals surface area contributed by atoms with E-state index < -0.39 is 0 Å². The molecule has 28 heavy (non-hydrogen) atoms. The first kappa shape index (κ1) is 22.6. The predicted molar refractivity (Wildman–Crippen MR) is 120 cm³/mol. The second-order valence-corrected chi connectivity index (χ2v) is 7.13. The van der Waals surface area contributed by atoms with Gasteiger partial charge in [-0.15, -0.1) is 24.0 Å². The van der Waals surface area contributed by atoms with Crippen LogP contribution in [0.1, 0.15) is 31.2 Å². The molecule has 1 aromatic heterocycles. The van der Waals surface area contributed by atoms with E-state index in [1.54, 1.807) is 49.6 Å². The summed E-state index contributed by atoms with van der Waals surface area (Å²) in [5.74, 6) is 0.459. The summed E-state index contributed by atoms with van der Waals surface area (Å²) >= 11 is 0. The molecule has 0 amide bonds. The molecule has 1 fully saturated rings.